The Labute approximate surface area is 433 Å². The summed E-state index contributed by atoms with van der Waals surface area (Å²) in [6.07, 6.45) is 54.1. The number of unbranched alkanes of at least 4 members (excludes halogenated alkanes) is 27. The van der Waals surface area contributed by atoms with E-state index in [1.807, 2.05) is 0 Å². The Balaban J connectivity index is 2.31. The van der Waals surface area contributed by atoms with Crippen molar-refractivity contribution < 1.29 is 56.2 Å². The molecule has 13 heteroatoms. The quantitative estimate of drug-likeness (QED) is 0.0196. The fraction of sp³-hybridized carbons (Fsp3) is 0.810. The second-order valence-corrected chi connectivity index (χ2v) is 20.6. The van der Waals surface area contributed by atoms with E-state index >= 15 is 0 Å². The standard InChI is InChI=1S/C58H104O12S/c1-3-5-7-9-11-13-15-17-19-21-23-25-26-27-28-29-31-33-35-37-39-41-43-45-47-54(60)68-52(51-67-58-56(62)57(70-71(63,64)65)55(61)53(49-59)69-58)50-66-48-46-44-42-40-38-36-34-32-30-24-22-20-18-16-14-12-10-8-6-4-2/h6,8,12,14,18,20,24,30,34,36,52-53,55-59,61-62H,3-5,7,9-11,13,15-17,19,21-23,25-29,31-33,35,37-51H2,1-2H3,(H,63,64,65)/b8-6-,14-12-,20-18-,30-24-,36-34-. The highest BCUT2D eigenvalue weighted by Crippen LogP contribution is 2.26. The first kappa shape index (κ1) is 66.8. The third-order valence-electron chi connectivity index (χ3n) is 12.9. The first-order valence-corrected chi connectivity index (χ1v) is 29.9. The zero-order chi connectivity index (χ0) is 51.7. The van der Waals surface area contributed by atoms with Gasteiger partial charge in [0, 0.05) is 13.0 Å². The van der Waals surface area contributed by atoms with Gasteiger partial charge in [0.15, 0.2) is 6.29 Å². The van der Waals surface area contributed by atoms with E-state index < -0.39 is 59.8 Å². The average molecular weight is 1030 g/mol. The largest absolute Gasteiger partial charge is 0.457 e. The van der Waals surface area contributed by atoms with E-state index in [2.05, 4.69) is 78.8 Å². The molecule has 0 aliphatic carbocycles. The molecule has 1 heterocycles. The molecule has 6 atom stereocenters. The fourth-order valence-corrected chi connectivity index (χ4v) is 9.15. The molecule has 0 amide bonds. The minimum absolute atomic E-state index is 0.0189. The Bertz CT molecular complexity index is 1460. The lowest BCUT2D eigenvalue weighted by atomic mass is 9.99. The van der Waals surface area contributed by atoms with Gasteiger partial charge in [-0.1, -0.05) is 235 Å². The molecule has 1 saturated heterocycles. The molecule has 1 fully saturated rings. The monoisotopic (exact) mass is 1020 g/mol. The summed E-state index contributed by atoms with van der Waals surface area (Å²) in [5, 5.41) is 30.8. The van der Waals surface area contributed by atoms with E-state index in [0.717, 1.165) is 83.5 Å². The van der Waals surface area contributed by atoms with Gasteiger partial charge in [-0.2, -0.15) is 8.42 Å². The van der Waals surface area contributed by atoms with E-state index in [9.17, 15) is 33.1 Å². The van der Waals surface area contributed by atoms with Gasteiger partial charge >= 0.3 is 16.4 Å². The van der Waals surface area contributed by atoms with Crippen LogP contribution in [0.3, 0.4) is 0 Å². The number of hydrogen-bond acceptors (Lipinski definition) is 11. The SMILES string of the molecule is CC/C=C\C/C=C\C/C=C\C/C=C\C/C=C\CCCCCCOCC(COC1OC(CO)C(O)C(OS(=O)(=O)O)C1O)OC(=O)CCCCCCCCCCCCCCCCCCCCCCCCCC. The molecule has 0 aromatic rings. The highest BCUT2D eigenvalue weighted by molar-refractivity contribution is 7.80. The Morgan fingerprint density at radius 3 is 1.42 bits per heavy atom. The molecule has 0 aromatic carbocycles. The number of hydrogen-bond donors (Lipinski definition) is 4. The minimum Gasteiger partial charge on any atom is -0.457 e. The summed E-state index contributed by atoms with van der Waals surface area (Å²) in [6, 6.07) is 0. The molecular weight excluding hydrogens is 921 g/mol. The molecule has 0 radical (unpaired) electrons. The van der Waals surface area contributed by atoms with Crippen LogP contribution in [0.2, 0.25) is 0 Å². The van der Waals surface area contributed by atoms with E-state index in [4.69, 9.17) is 18.9 Å². The lowest BCUT2D eigenvalue weighted by Gasteiger charge is -2.41. The van der Waals surface area contributed by atoms with Gasteiger partial charge in [0.05, 0.1) is 19.8 Å². The molecule has 1 aliphatic rings. The van der Waals surface area contributed by atoms with Crippen molar-refractivity contribution in [3.63, 3.8) is 0 Å². The molecular formula is C58H104O12S. The molecule has 1 rings (SSSR count). The summed E-state index contributed by atoms with van der Waals surface area (Å²) in [4.78, 5) is 13.0. The summed E-state index contributed by atoms with van der Waals surface area (Å²) < 4.78 is 59.4. The fourth-order valence-electron chi connectivity index (χ4n) is 8.64. The number of rotatable bonds is 50. The Hall–Kier alpha value is -2.20. The zero-order valence-corrected chi connectivity index (χ0v) is 45.6. The maximum Gasteiger partial charge on any atom is 0.397 e. The third-order valence-corrected chi connectivity index (χ3v) is 13.4. The van der Waals surface area contributed by atoms with Crippen LogP contribution in [0.25, 0.3) is 0 Å². The average Bonchev–Trinajstić information content (AvgIpc) is 3.35. The van der Waals surface area contributed by atoms with Gasteiger partial charge in [-0.3, -0.25) is 9.35 Å². The number of carbonyl (C=O) groups excluding carboxylic acids is 1. The van der Waals surface area contributed by atoms with Crippen LogP contribution in [0, 0.1) is 0 Å². The number of ether oxygens (including phenoxy) is 4. The van der Waals surface area contributed by atoms with Gasteiger partial charge in [0.2, 0.25) is 0 Å². The highest BCUT2D eigenvalue weighted by Gasteiger charge is 2.48. The third kappa shape index (κ3) is 41.8. The molecule has 414 valence electrons. The number of carbonyl (C=O) groups is 1. The second kappa shape index (κ2) is 48.7. The first-order chi connectivity index (χ1) is 34.6. The number of esters is 1. The van der Waals surface area contributed by atoms with Crippen LogP contribution >= 0.6 is 0 Å². The topological polar surface area (TPSA) is 178 Å². The Morgan fingerprint density at radius 1 is 0.549 bits per heavy atom. The molecule has 6 unspecified atom stereocenters. The maximum absolute atomic E-state index is 13.0. The van der Waals surface area contributed by atoms with E-state index in [0.29, 0.717) is 13.0 Å². The lowest BCUT2D eigenvalue weighted by Crippen LogP contribution is -2.60. The zero-order valence-electron chi connectivity index (χ0n) is 44.8. The minimum atomic E-state index is -5.07. The smallest absolute Gasteiger partial charge is 0.397 e. The Kier molecular flexibility index (Phi) is 45.9. The molecule has 0 bridgehead atoms. The van der Waals surface area contributed by atoms with Crippen LogP contribution in [0.4, 0.5) is 0 Å². The molecule has 0 saturated carbocycles. The first-order valence-electron chi connectivity index (χ1n) is 28.5. The van der Waals surface area contributed by atoms with Crippen LogP contribution < -0.4 is 0 Å². The molecule has 0 aromatic heterocycles. The molecule has 71 heavy (non-hydrogen) atoms. The van der Waals surface area contributed by atoms with Gasteiger partial charge < -0.3 is 34.3 Å². The Morgan fingerprint density at radius 2 is 0.972 bits per heavy atom. The van der Waals surface area contributed by atoms with E-state index in [1.54, 1.807) is 0 Å². The van der Waals surface area contributed by atoms with E-state index in [1.165, 1.54) is 128 Å². The van der Waals surface area contributed by atoms with Gasteiger partial charge in [0.25, 0.3) is 0 Å². The van der Waals surface area contributed by atoms with E-state index in [-0.39, 0.29) is 19.6 Å². The van der Waals surface area contributed by atoms with Crippen molar-refractivity contribution >= 4 is 16.4 Å². The predicted molar refractivity (Wildman–Crippen MR) is 289 cm³/mol. The van der Waals surface area contributed by atoms with Crippen molar-refractivity contribution in [2.24, 2.45) is 0 Å². The number of aliphatic hydroxyl groups excluding tert-OH is 3. The summed E-state index contributed by atoms with van der Waals surface area (Å²) in [5.74, 6) is -0.405. The van der Waals surface area contributed by atoms with Crippen LogP contribution in [-0.4, -0.2) is 97.5 Å². The highest BCUT2D eigenvalue weighted by atomic mass is 32.3. The van der Waals surface area contributed by atoms with Gasteiger partial charge in [0.1, 0.15) is 30.5 Å². The van der Waals surface area contributed by atoms with Crippen molar-refractivity contribution in [3.8, 4) is 0 Å². The summed E-state index contributed by atoms with van der Waals surface area (Å²) >= 11 is 0. The summed E-state index contributed by atoms with van der Waals surface area (Å²) in [7, 11) is -5.07. The summed E-state index contributed by atoms with van der Waals surface area (Å²) in [6.45, 7) is 3.85. The van der Waals surface area contributed by atoms with Crippen molar-refractivity contribution in [2.45, 2.75) is 275 Å². The maximum atomic E-state index is 13.0. The van der Waals surface area contributed by atoms with Crippen LogP contribution in [-0.2, 0) is 38.3 Å². The van der Waals surface area contributed by atoms with Crippen LogP contribution in [0.1, 0.15) is 239 Å². The molecule has 1 aliphatic heterocycles. The molecule has 4 N–H and O–H groups in total. The summed E-state index contributed by atoms with van der Waals surface area (Å²) in [5.41, 5.74) is 0. The number of aliphatic hydroxyl groups is 3. The van der Waals surface area contributed by atoms with Crippen LogP contribution in [0.15, 0.2) is 60.8 Å². The van der Waals surface area contributed by atoms with Crippen molar-refractivity contribution in [1.82, 2.24) is 0 Å². The molecule has 12 nitrogen and oxygen atoms in total. The lowest BCUT2D eigenvalue weighted by molar-refractivity contribution is -0.301. The van der Waals surface area contributed by atoms with Crippen molar-refractivity contribution in [2.75, 3.05) is 26.4 Å². The number of allylic oxidation sites excluding steroid dienone is 10. The second-order valence-electron chi connectivity index (χ2n) is 19.5. The normalized spacial score (nSPS) is 19.4. The van der Waals surface area contributed by atoms with Crippen molar-refractivity contribution in [1.29, 1.82) is 0 Å². The van der Waals surface area contributed by atoms with Gasteiger partial charge in [-0.25, -0.2) is 4.18 Å². The van der Waals surface area contributed by atoms with Crippen LogP contribution in [0.5, 0.6) is 0 Å². The van der Waals surface area contributed by atoms with Gasteiger partial charge in [-0.15, -0.1) is 0 Å². The van der Waals surface area contributed by atoms with Crippen molar-refractivity contribution in [3.05, 3.63) is 60.8 Å². The predicted octanol–water partition coefficient (Wildman–Crippen LogP) is 14.0. The molecule has 0 spiro atoms. The van der Waals surface area contributed by atoms with Gasteiger partial charge in [-0.05, 0) is 57.8 Å².